The van der Waals surface area contributed by atoms with E-state index in [1.165, 1.54) is 22.5 Å². The number of amides is 1. The lowest BCUT2D eigenvalue weighted by atomic mass is 10.2. The van der Waals surface area contributed by atoms with E-state index < -0.39 is 5.97 Å². The number of thiazole rings is 1. The van der Waals surface area contributed by atoms with Crippen LogP contribution in [0, 0.1) is 6.92 Å². The van der Waals surface area contributed by atoms with Crippen LogP contribution in [0.4, 0.5) is 0 Å². The molecule has 0 unspecified atom stereocenters. The minimum absolute atomic E-state index is 0.230. The second-order valence-corrected chi connectivity index (χ2v) is 5.72. The van der Waals surface area contributed by atoms with Crippen LogP contribution < -0.4 is 0 Å². The van der Waals surface area contributed by atoms with Crippen molar-refractivity contribution in [3.63, 3.8) is 0 Å². The molecule has 0 saturated heterocycles. The maximum absolute atomic E-state index is 12.4. The van der Waals surface area contributed by atoms with Crippen molar-refractivity contribution in [2.45, 2.75) is 26.8 Å². The molecule has 2 rings (SSSR count). The molecule has 0 spiro atoms. The van der Waals surface area contributed by atoms with E-state index in [1.807, 2.05) is 6.92 Å². The standard InChI is InChI=1S/C14H16N2O4S/c1-3-12-15-6-10(21-12)7-16(8-13(17)18)14(19)11-4-5-20-9(11)2/h4-6H,3,7-8H2,1-2H3,(H,17,18). The fourth-order valence-corrected chi connectivity index (χ4v) is 2.79. The molecular weight excluding hydrogens is 292 g/mol. The summed E-state index contributed by atoms with van der Waals surface area (Å²) in [7, 11) is 0. The number of aryl methyl sites for hydroxylation is 2. The van der Waals surface area contributed by atoms with Gasteiger partial charge in [-0.3, -0.25) is 9.59 Å². The highest BCUT2D eigenvalue weighted by molar-refractivity contribution is 7.11. The first-order chi connectivity index (χ1) is 10.0. The number of rotatable bonds is 6. The summed E-state index contributed by atoms with van der Waals surface area (Å²) in [6.45, 7) is 3.54. The van der Waals surface area contributed by atoms with Crippen LogP contribution >= 0.6 is 11.3 Å². The predicted octanol–water partition coefficient (Wildman–Crippen LogP) is 2.33. The van der Waals surface area contributed by atoms with Crippen LogP contribution in [-0.4, -0.2) is 33.4 Å². The average Bonchev–Trinajstić information content (AvgIpc) is 3.05. The number of carboxylic acids is 1. The first-order valence-corrected chi connectivity index (χ1v) is 7.31. The lowest BCUT2D eigenvalue weighted by Crippen LogP contribution is -2.35. The number of furan rings is 1. The summed E-state index contributed by atoms with van der Waals surface area (Å²) in [5.74, 6) is -0.922. The van der Waals surface area contributed by atoms with Crippen LogP contribution in [0.25, 0.3) is 0 Å². The van der Waals surface area contributed by atoms with Crippen LogP contribution in [0.15, 0.2) is 22.9 Å². The third-order valence-corrected chi connectivity index (χ3v) is 4.08. The zero-order valence-corrected chi connectivity index (χ0v) is 12.6. The number of carboxylic acid groups (broad SMARTS) is 1. The quantitative estimate of drug-likeness (QED) is 0.885. The van der Waals surface area contributed by atoms with E-state index >= 15 is 0 Å². The number of carbonyl (C=O) groups is 2. The third kappa shape index (κ3) is 3.69. The minimum atomic E-state index is -1.05. The summed E-state index contributed by atoms with van der Waals surface area (Å²) < 4.78 is 5.11. The van der Waals surface area contributed by atoms with E-state index in [2.05, 4.69) is 4.98 Å². The van der Waals surface area contributed by atoms with Gasteiger partial charge in [-0.1, -0.05) is 6.92 Å². The van der Waals surface area contributed by atoms with Gasteiger partial charge in [0.15, 0.2) is 0 Å². The van der Waals surface area contributed by atoms with Gasteiger partial charge in [0.1, 0.15) is 12.3 Å². The summed E-state index contributed by atoms with van der Waals surface area (Å²) in [6, 6.07) is 1.55. The SMILES string of the molecule is CCc1ncc(CN(CC(=O)O)C(=O)c2ccoc2C)s1. The zero-order chi connectivity index (χ0) is 15.4. The molecule has 0 fully saturated rings. The molecule has 7 heteroatoms. The van der Waals surface area contributed by atoms with Crippen molar-refractivity contribution in [3.8, 4) is 0 Å². The highest BCUT2D eigenvalue weighted by atomic mass is 32.1. The Morgan fingerprint density at radius 1 is 1.48 bits per heavy atom. The number of carbonyl (C=O) groups excluding carboxylic acids is 1. The van der Waals surface area contributed by atoms with Gasteiger partial charge in [-0.25, -0.2) is 4.98 Å². The van der Waals surface area contributed by atoms with Crippen molar-refractivity contribution in [2.24, 2.45) is 0 Å². The Bertz CT molecular complexity index is 647. The molecule has 0 aliphatic carbocycles. The Labute approximate surface area is 126 Å². The number of hydrogen-bond acceptors (Lipinski definition) is 5. The first kappa shape index (κ1) is 15.2. The first-order valence-electron chi connectivity index (χ1n) is 6.50. The molecule has 0 aliphatic heterocycles. The summed E-state index contributed by atoms with van der Waals surface area (Å²) >= 11 is 1.49. The normalized spacial score (nSPS) is 10.6. The molecular formula is C14H16N2O4S. The van der Waals surface area contributed by atoms with E-state index in [4.69, 9.17) is 9.52 Å². The van der Waals surface area contributed by atoms with Gasteiger partial charge < -0.3 is 14.4 Å². The average molecular weight is 308 g/mol. The van der Waals surface area contributed by atoms with E-state index in [0.717, 1.165) is 16.3 Å². The molecule has 2 aromatic heterocycles. The van der Waals surface area contributed by atoms with Crippen molar-refractivity contribution in [3.05, 3.63) is 39.7 Å². The van der Waals surface area contributed by atoms with Crippen molar-refractivity contribution in [1.82, 2.24) is 9.88 Å². The van der Waals surface area contributed by atoms with Gasteiger partial charge in [0.2, 0.25) is 0 Å². The molecule has 0 saturated carbocycles. The number of hydrogen-bond donors (Lipinski definition) is 1. The molecule has 2 heterocycles. The van der Waals surface area contributed by atoms with Crippen LogP contribution in [0.1, 0.15) is 32.9 Å². The van der Waals surface area contributed by atoms with Crippen LogP contribution in [0.2, 0.25) is 0 Å². The number of nitrogens with zero attached hydrogens (tertiary/aromatic N) is 2. The molecule has 0 atom stereocenters. The highest BCUT2D eigenvalue weighted by Gasteiger charge is 2.22. The Kier molecular flexibility index (Phi) is 4.74. The zero-order valence-electron chi connectivity index (χ0n) is 11.8. The maximum atomic E-state index is 12.4. The van der Waals surface area contributed by atoms with Gasteiger partial charge in [-0.2, -0.15) is 0 Å². The molecule has 1 N–H and O–H groups in total. The van der Waals surface area contributed by atoms with Gasteiger partial charge in [0.05, 0.1) is 23.4 Å². The van der Waals surface area contributed by atoms with Crippen molar-refractivity contribution in [1.29, 1.82) is 0 Å². The molecule has 2 aromatic rings. The lowest BCUT2D eigenvalue weighted by Gasteiger charge is -2.19. The fourth-order valence-electron chi connectivity index (χ4n) is 1.91. The van der Waals surface area contributed by atoms with Crippen LogP contribution in [-0.2, 0) is 17.8 Å². The molecule has 21 heavy (non-hydrogen) atoms. The van der Waals surface area contributed by atoms with Gasteiger partial charge in [-0.05, 0) is 19.4 Å². The monoisotopic (exact) mass is 308 g/mol. The summed E-state index contributed by atoms with van der Waals surface area (Å²) in [4.78, 5) is 29.8. The summed E-state index contributed by atoms with van der Waals surface area (Å²) in [6.07, 6.45) is 3.93. The molecule has 0 bridgehead atoms. The Hall–Kier alpha value is -2.15. The number of aromatic nitrogens is 1. The highest BCUT2D eigenvalue weighted by Crippen LogP contribution is 2.18. The summed E-state index contributed by atoms with van der Waals surface area (Å²) in [5.41, 5.74) is 0.386. The minimum Gasteiger partial charge on any atom is -0.480 e. The Morgan fingerprint density at radius 3 is 2.76 bits per heavy atom. The summed E-state index contributed by atoms with van der Waals surface area (Å²) in [5, 5.41) is 9.96. The largest absolute Gasteiger partial charge is 0.480 e. The lowest BCUT2D eigenvalue weighted by molar-refractivity contribution is -0.137. The van der Waals surface area contributed by atoms with Gasteiger partial charge in [-0.15, -0.1) is 11.3 Å². The second-order valence-electron chi connectivity index (χ2n) is 4.52. The van der Waals surface area contributed by atoms with E-state index in [1.54, 1.807) is 19.2 Å². The van der Waals surface area contributed by atoms with Crippen molar-refractivity contribution in [2.75, 3.05) is 6.54 Å². The predicted molar refractivity (Wildman–Crippen MR) is 77.3 cm³/mol. The maximum Gasteiger partial charge on any atom is 0.323 e. The fraction of sp³-hybridized carbons (Fsp3) is 0.357. The molecule has 1 amide bonds. The molecule has 0 radical (unpaired) electrons. The number of aliphatic carboxylic acids is 1. The smallest absolute Gasteiger partial charge is 0.323 e. The van der Waals surface area contributed by atoms with Crippen molar-refractivity contribution < 1.29 is 19.1 Å². The van der Waals surface area contributed by atoms with Crippen LogP contribution in [0.5, 0.6) is 0 Å². The second kappa shape index (κ2) is 6.53. The van der Waals surface area contributed by atoms with E-state index in [9.17, 15) is 9.59 Å². The van der Waals surface area contributed by atoms with Gasteiger partial charge in [0, 0.05) is 11.1 Å². The molecule has 6 nitrogen and oxygen atoms in total. The molecule has 112 valence electrons. The van der Waals surface area contributed by atoms with Crippen molar-refractivity contribution >= 4 is 23.2 Å². The molecule has 0 aromatic carbocycles. The van der Waals surface area contributed by atoms with Gasteiger partial charge in [0.25, 0.3) is 5.91 Å². The Balaban J connectivity index is 2.19. The molecule has 0 aliphatic rings. The van der Waals surface area contributed by atoms with Crippen LogP contribution in [0.3, 0.4) is 0 Å². The third-order valence-electron chi connectivity index (χ3n) is 2.95. The van der Waals surface area contributed by atoms with E-state index in [0.29, 0.717) is 11.3 Å². The Morgan fingerprint density at radius 2 is 2.24 bits per heavy atom. The van der Waals surface area contributed by atoms with Gasteiger partial charge >= 0.3 is 5.97 Å². The topological polar surface area (TPSA) is 83.6 Å². The van der Waals surface area contributed by atoms with E-state index in [-0.39, 0.29) is 19.0 Å².